The zero-order chi connectivity index (χ0) is 12.0. The zero-order valence-corrected chi connectivity index (χ0v) is 10.4. The number of aromatic nitrogens is 1. The summed E-state index contributed by atoms with van der Waals surface area (Å²) in [4.78, 5) is 6.34. The second kappa shape index (κ2) is 6.33. The van der Waals surface area contributed by atoms with Gasteiger partial charge in [-0.05, 0) is 19.9 Å². The van der Waals surface area contributed by atoms with Gasteiger partial charge in [0.25, 0.3) is 6.01 Å². The van der Waals surface area contributed by atoms with E-state index in [1.165, 1.54) is 0 Å². The number of likely N-dealkylation sites (N-methyl/N-ethyl adjacent to an activating group) is 1. The molecule has 0 radical (unpaired) electrons. The molecule has 0 bridgehead atoms. The highest BCUT2D eigenvalue weighted by atomic mass is 16.4. The lowest BCUT2D eigenvalue weighted by atomic mass is 10.3. The molecule has 1 heterocycles. The van der Waals surface area contributed by atoms with Crippen LogP contribution in [0.2, 0.25) is 0 Å². The molecule has 16 heavy (non-hydrogen) atoms. The standard InChI is InChI=1S/C12H21N3O/c1-5-6-13-7-11-9-16-12(14-11)15(4)8-10(2)3/h9,13H,2,5-8H2,1,3-4H3. The number of hydrogen-bond donors (Lipinski definition) is 1. The van der Waals surface area contributed by atoms with Crippen molar-refractivity contribution in [1.82, 2.24) is 10.3 Å². The van der Waals surface area contributed by atoms with Crippen molar-refractivity contribution in [3.63, 3.8) is 0 Å². The molecule has 90 valence electrons. The van der Waals surface area contributed by atoms with Gasteiger partial charge in [-0.25, -0.2) is 0 Å². The number of rotatable bonds is 7. The van der Waals surface area contributed by atoms with Crippen molar-refractivity contribution >= 4 is 6.01 Å². The van der Waals surface area contributed by atoms with E-state index in [9.17, 15) is 0 Å². The normalized spacial score (nSPS) is 10.4. The molecule has 0 unspecified atom stereocenters. The van der Waals surface area contributed by atoms with E-state index in [1.54, 1.807) is 6.26 Å². The van der Waals surface area contributed by atoms with Gasteiger partial charge < -0.3 is 14.6 Å². The van der Waals surface area contributed by atoms with Gasteiger partial charge in [-0.1, -0.05) is 19.1 Å². The first-order chi connectivity index (χ1) is 7.63. The SMILES string of the molecule is C=C(C)CN(C)c1nc(CNCCC)co1. The molecular formula is C12H21N3O. The number of hydrogen-bond acceptors (Lipinski definition) is 4. The molecule has 1 rings (SSSR count). The predicted molar refractivity (Wildman–Crippen MR) is 66.6 cm³/mol. The van der Waals surface area contributed by atoms with Gasteiger partial charge in [0, 0.05) is 20.1 Å². The molecule has 0 spiro atoms. The van der Waals surface area contributed by atoms with Gasteiger partial charge in [0.1, 0.15) is 6.26 Å². The third-order valence-electron chi connectivity index (χ3n) is 2.11. The van der Waals surface area contributed by atoms with Gasteiger partial charge >= 0.3 is 0 Å². The van der Waals surface area contributed by atoms with Crippen LogP contribution >= 0.6 is 0 Å². The van der Waals surface area contributed by atoms with Crippen molar-refractivity contribution in [1.29, 1.82) is 0 Å². The van der Waals surface area contributed by atoms with Crippen LogP contribution in [0.3, 0.4) is 0 Å². The van der Waals surface area contributed by atoms with E-state index < -0.39 is 0 Å². The fourth-order valence-corrected chi connectivity index (χ4v) is 1.42. The third kappa shape index (κ3) is 4.06. The Morgan fingerprint density at radius 3 is 3.00 bits per heavy atom. The number of nitrogens with zero attached hydrogens (tertiary/aromatic N) is 2. The van der Waals surface area contributed by atoms with Crippen molar-refractivity contribution in [2.24, 2.45) is 0 Å². The van der Waals surface area contributed by atoms with Crippen molar-refractivity contribution in [3.8, 4) is 0 Å². The molecule has 0 saturated heterocycles. The topological polar surface area (TPSA) is 41.3 Å². The molecule has 0 saturated carbocycles. The van der Waals surface area contributed by atoms with Gasteiger partial charge in [0.2, 0.25) is 0 Å². The zero-order valence-electron chi connectivity index (χ0n) is 10.4. The Labute approximate surface area is 97.3 Å². The summed E-state index contributed by atoms with van der Waals surface area (Å²) in [6, 6.07) is 0.649. The molecule has 0 aliphatic rings. The third-order valence-corrected chi connectivity index (χ3v) is 2.11. The van der Waals surface area contributed by atoms with Crippen molar-refractivity contribution < 1.29 is 4.42 Å². The lowest BCUT2D eigenvalue weighted by Gasteiger charge is -2.13. The first-order valence-corrected chi connectivity index (χ1v) is 5.64. The highest BCUT2D eigenvalue weighted by Crippen LogP contribution is 2.12. The molecule has 0 atom stereocenters. The number of anilines is 1. The molecule has 4 nitrogen and oxygen atoms in total. The minimum Gasteiger partial charge on any atom is -0.432 e. The van der Waals surface area contributed by atoms with Crippen molar-refractivity contribution in [3.05, 3.63) is 24.1 Å². The molecule has 0 aromatic carbocycles. The van der Waals surface area contributed by atoms with Gasteiger partial charge in [-0.3, -0.25) is 0 Å². The van der Waals surface area contributed by atoms with Crippen LogP contribution < -0.4 is 10.2 Å². The summed E-state index contributed by atoms with van der Waals surface area (Å²) < 4.78 is 5.39. The van der Waals surface area contributed by atoms with Crippen LogP contribution in [0, 0.1) is 0 Å². The minimum atomic E-state index is 0.649. The minimum absolute atomic E-state index is 0.649. The summed E-state index contributed by atoms with van der Waals surface area (Å²) in [5.74, 6) is 0. The van der Waals surface area contributed by atoms with E-state index in [-0.39, 0.29) is 0 Å². The summed E-state index contributed by atoms with van der Waals surface area (Å²) in [7, 11) is 1.95. The first-order valence-electron chi connectivity index (χ1n) is 5.64. The molecule has 0 amide bonds. The van der Waals surface area contributed by atoms with Crippen molar-refractivity contribution in [2.45, 2.75) is 26.8 Å². The smallest absolute Gasteiger partial charge is 0.297 e. The van der Waals surface area contributed by atoms with Gasteiger partial charge in [0.15, 0.2) is 0 Å². The van der Waals surface area contributed by atoms with Crippen LogP contribution in [0.15, 0.2) is 22.8 Å². The summed E-state index contributed by atoms with van der Waals surface area (Å²) in [5, 5.41) is 3.29. The molecular weight excluding hydrogens is 202 g/mol. The Morgan fingerprint density at radius 2 is 2.38 bits per heavy atom. The molecule has 0 fully saturated rings. The maximum atomic E-state index is 5.39. The second-order valence-electron chi connectivity index (χ2n) is 4.11. The monoisotopic (exact) mass is 223 g/mol. The summed E-state index contributed by atoms with van der Waals surface area (Å²) >= 11 is 0. The van der Waals surface area contributed by atoms with Gasteiger partial charge in [-0.15, -0.1) is 0 Å². The van der Waals surface area contributed by atoms with Crippen molar-refractivity contribution in [2.75, 3.05) is 25.0 Å². The van der Waals surface area contributed by atoms with Crippen LogP contribution in [0.1, 0.15) is 26.0 Å². The van der Waals surface area contributed by atoms with Crippen LogP contribution in [0.25, 0.3) is 0 Å². The van der Waals surface area contributed by atoms with Crippen LogP contribution in [-0.4, -0.2) is 25.1 Å². The maximum Gasteiger partial charge on any atom is 0.297 e. The molecule has 1 aromatic heterocycles. The fraction of sp³-hybridized carbons (Fsp3) is 0.583. The Morgan fingerprint density at radius 1 is 1.62 bits per heavy atom. The Kier molecular flexibility index (Phi) is 5.05. The molecule has 4 heteroatoms. The molecule has 1 N–H and O–H groups in total. The average molecular weight is 223 g/mol. The quantitative estimate of drug-likeness (QED) is 0.568. The van der Waals surface area contributed by atoms with Crippen LogP contribution in [-0.2, 0) is 6.54 Å². The maximum absolute atomic E-state index is 5.39. The Hall–Kier alpha value is -1.29. The van der Waals surface area contributed by atoms with E-state index in [0.29, 0.717) is 6.01 Å². The predicted octanol–water partition coefficient (Wildman–Crippen LogP) is 2.19. The highest BCUT2D eigenvalue weighted by Gasteiger charge is 2.08. The second-order valence-corrected chi connectivity index (χ2v) is 4.11. The fourth-order valence-electron chi connectivity index (χ4n) is 1.42. The van der Waals surface area contributed by atoms with Gasteiger partial charge in [0.05, 0.1) is 5.69 Å². The molecule has 0 aliphatic carbocycles. The van der Waals surface area contributed by atoms with Crippen LogP contribution in [0.4, 0.5) is 6.01 Å². The van der Waals surface area contributed by atoms with Crippen LogP contribution in [0.5, 0.6) is 0 Å². The summed E-state index contributed by atoms with van der Waals surface area (Å²) in [6.07, 6.45) is 2.83. The molecule has 1 aromatic rings. The Bertz CT molecular complexity index is 333. The Balaban J connectivity index is 2.47. The van der Waals surface area contributed by atoms with Gasteiger partial charge in [-0.2, -0.15) is 4.98 Å². The van der Waals surface area contributed by atoms with E-state index >= 15 is 0 Å². The molecule has 0 aliphatic heterocycles. The van der Waals surface area contributed by atoms with E-state index in [0.717, 1.165) is 37.3 Å². The lowest BCUT2D eigenvalue weighted by Crippen LogP contribution is -2.19. The number of oxazole rings is 1. The number of nitrogens with one attached hydrogen (secondary N) is 1. The van der Waals surface area contributed by atoms with E-state index in [1.807, 2.05) is 18.9 Å². The average Bonchev–Trinajstić information content (AvgIpc) is 2.66. The summed E-state index contributed by atoms with van der Waals surface area (Å²) in [6.45, 7) is 10.5. The first kappa shape index (κ1) is 12.8. The lowest BCUT2D eigenvalue weighted by molar-refractivity contribution is 0.547. The summed E-state index contributed by atoms with van der Waals surface area (Å²) in [5.41, 5.74) is 2.03. The highest BCUT2D eigenvalue weighted by molar-refractivity contribution is 5.28. The van der Waals surface area contributed by atoms with E-state index in [2.05, 4.69) is 23.8 Å². The van der Waals surface area contributed by atoms with E-state index in [4.69, 9.17) is 4.42 Å². The largest absolute Gasteiger partial charge is 0.432 e.